The number of aromatic nitrogens is 1. The van der Waals surface area contributed by atoms with Crippen molar-refractivity contribution in [3.63, 3.8) is 0 Å². The van der Waals surface area contributed by atoms with Crippen LogP contribution in [0.25, 0.3) is 16.6 Å². The Kier molecular flexibility index (Phi) is 6.43. The Morgan fingerprint density at radius 2 is 1.80 bits per heavy atom. The van der Waals surface area contributed by atoms with Gasteiger partial charge >= 0.3 is 6.18 Å². The molecule has 0 radical (unpaired) electrons. The number of benzene rings is 3. The van der Waals surface area contributed by atoms with Crippen LogP contribution >= 0.6 is 11.6 Å². The van der Waals surface area contributed by atoms with Gasteiger partial charge in [0.1, 0.15) is 23.1 Å². The lowest BCUT2D eigenvalue weighted by atomic mass is 9.93. The number of alkyl halides is 3. The van der Waals surface area contributed by atoms with Gasteiger partial charge in [0.15, 0.2) is 5.94 Å². The molecule has 6 rings (SSSR count). The zero-order valence-electron chi connectivity index (χ0n) is 20.8. The van der Waals surface area contributed by atoms with E-state index in [1.165, 1.54) is 12.1 Å². The molecule has 2 heterocycles. The van der Waals surface area contributed by atoms with E-state index in [1.807, 2.05) is 5.94 Å². The van der Waals surface area contributed by atoms with Crippen LogP contribution in [0, 0.1) is 11.6 Å². The average molecular weight is 585 g/mol. The molecule has 1 aliphatic heterocycles. The highest BCUT2D eigenvalue weighted by Crippen LogP contribution is 2.46. The first-order valence-electron chi connectivity index (χ1n) is 12.4. The maximum absolute atomic E-state index is 14.3. The molecule has 1 atom stereocenters. The summed E-state index contributed by atoms with van der Waals surface area (Å²) in [6.07, 6.45) is -2.92. The Balaban J connectivity index is 1.54. The van der Waals surface area contributed by atoms with Crippen LogP contribution in [0.3, 0.4) is 0 Å². The van der Waals surface area contributed by atoms with Gasteiger partial charge in [0.05, 0.1) is 17.1 Å². The molecule has 6 nitrogen and oxygen atoms in total. The molecular formula is C29H18ClF5N4O2. The van der Waals surface area contributed by atoms with Crippen LogP contribution < -0.4 is 16.0 Å². The topological polar surface area (TPSA) is 83.1 Å². The fraction of sp³-hybridized carbons (Fsp3) is 0.172. The lowest BCUT2D eigenvalue weighted by Crippen LogP contribution is -2.18. The fourth-order valence-electron chi connectivity index (χ4n) is 4.90. The molecule has 208 valence electrons. The highest BCUT2D eigenvalue weighted by molar-refractivity contribution is 6.31. The number of halogens is 6. The van der Waals surface area contributed by atoms with Gasteiger partial charge in [0.2, 0.25) is 0 Å². The number of carbonyl (C=O) groups is 1. The number of hydrogen-bond acceptors (Lipinski definition) is 5. The molecular weight excluding hydrogens is 567 g/mol. The van der Waals surface area contributed by atoms with Crippen molar-refractivity contribution in [2.24, 2.45) is 0 Å². The highest BCUT2D eigenvalue weighted by atomic mass is 35.5. The quantitative estimate of drug-likeness (QED) is 0.176. The number of rotatable bonds is 5. The number of fused-ring (bicyclic) bond motifs is 3. The monoisotopic (exact) mass is 584 g/mol. The number of pyridine rings is 1. The smallest absolute Gasteiger partial charge is 0.367 e. The van der Waals surface area contributed by atoms with E-state index in [0.717, 1.165) is 25.0 Å². The van der Waals surface area contributed by atoms with E-state index in [1.54, 1.807) is 12.1 Å². The summed E-state index contributed by atoms with van der Waals surface area (Å²) in [5.41, 5.74) is -0.705. The average Bonchev–Trinajstić information content (AvgIpc) is 3.65. The van der Waals surface area contributed by atoms with Gasteiger partial charge in [-0.2, -0.15) is 13.2 Å². The van der Waals surface area contributed by atoms with Gasteiger partial charge in [0.25, 0.3) is 5.91 Å². The molecule has 3 aromatic carbocycles. The lowest BCUT2D eigenvalue weighted by molar-refractivity contribution is -0.137. The normalized spacial score (nSPS) is 16.2. The van der Waals surface area contributed by atoms with E-state index in [-0.39, 0.29) is 39.6 Å². The minimum absolute atomic E-state index is 0.0127. The summed E-state index contributed by atoms with van der Waals surface area (Å²) in [5.74, 6) is -0.523. The summed E-state index contributed by atoms with van der Waals surface area (Å²) in [4.78, 5) is 29.9. The number of nitrogens with zero attached hydrogens (tertiary/aromatic N) is 1. The van der Waals surface area contributed by atoms with Crippen LogP contribution in [0.1, 0.15) is 51.5 Å². The third-order valence-corrected chi connectivity index (χ3v) is 7.24. The summed E-state index contributed by atoms with van der Waals surface area (Å²) < 4.78 is 68.3. The van der Waals surface area contributed by atoms with Crippen LogP contribution in [0.15, 0.2) is 54.6 Å². The molecule has 2 aliphatic rings. The van der Waals surface area contributed by atoms with E-state index in [4.69, 9.17) is 11.6 Å². The van der Waals surface area contributed by atoms with Crippen LogP contribution in [-0.4, -0.2) is 22.9 Å². The van der Waals surface area contributed by atoms with Crippen LogP contribution in [0.4, 0.5) is 33.5 Å². The third kappa shape index (κ3) is 5.10. The van der Waals surface area contributed by atoms with E-state index in [9.17, 15) is 31.5 Å². The summed E-state index contributed by atoms with van der Waals surface area (Å²) in [5, 5.41) is 9.44. The SMILES string of the molecule is O=C=C1NC(c2cc(F)ccc2Cl)c2c(NC(=O)c3cc(F)cc(C(F)(F)F)c3)cc3nc(NC4CC4)ccc3c21. The summed E-state index contributed by atoms with van der Waals surface area (Å²) >= 11 is 6.39. The first kappa shape index (κ1) is 26.7. The molecule has 0 bridgehead atoms. The number of nitrogens with one attached hydrogen (secondary N) is 3. The van der Waals surface area contributed by atoms with E-state index >= 15 is 0 Å². The molecule has 1 aliphatic carbocycles. The lowest BCUT2D eigenvalue weighted by Gasteiger charge is -2.19. The van der Waals surface area contributed by atoms with Crippen molar-refractivity contribution in [3.8, 4) is 0 Å². The largest absolute Gasteiger partial charge is 0.416 e. The molecule has 3 N–H and O–H groups in total. The first-order chi connectivity index (χ1) is 19.5. The predicted molar refractivity (Wildman–Crippen MR) is 143 cm³/mol. The van der Waals surface area contributed by atoms with Gasteiger partial charge < -0.3 is 16.0 Å². The minimum Gasteiger partial charge on any atom is -0.367 e. The second-order valence-corrected chi connectivity index (χ2v) is 10.2. The minimum atomic E-state index is -4.89. The predicted octanol–water partition coefficient (Wildman–Crippen LogP) is 6.88. The van der Waals surface area contributed by atoms with Gasteiger partial charge in [0, 0.05) is 44.4 Å². The van der Waals surface area contributed by atoms with Crippen molar-refractivity contribution >= 4 is 51.6 Å². The third-order valence-electron chi connectivity index (χ3n) is 6.90. The Morgan fingerprint density at radius 1 is 1.02 bits per heavy atom. The molecule has 0 spiro atoms. The number of amides is 1. The molecule has 1 fully saturated rings. The maximum atomic E-state index is 14.3. The van der Waals surface area contributed by atoms with Crippen molar-refractivity contribution in [1.82, 2.24) is 10.3 Å². The summed E-state index contributed by atoms with van der Waals surface area (Å²) in [7, 11) is 0. The Hall–Kier alpha value is -4.47. The molecule has 4 aromatic rings. The first-order valence-corrected chi connectivity index (χ1v) is 12.8. The molecule has 12 heteroatoms. The molecule has 0 saturated heterocycles. The van der Waals surface area contributed by atoms with E-state index < -0.39 is 40.9 Å². The van der Waals surface area contributed by atoms with Crippen molar-refractivity contribution in [3.05, 3.63) is 99.1 Å². The summed E-state index contributed by atoms with van der Waals surface area (Å²) in [6.45, 7) is 0. The molecule has 1 saturated carbocycles. The zero-order chi connectivity index (χ0) is 29.1. The van der Waals surface area contributed by atoms with Gasteiger partial charge in [-0.3, -0.25) is 4.79 Å². The molecule has 1 amide bonds. The molecule has 41 heavy (non-hydrogen) atoms. The Labute approximate surface area is 234 Å². The number of anilines is 2. The van der Waals surface area contributed by atoms with Crippen LogP contribution in [0.2, 0.25) is 5.02 Å². The number of carbonyl (C=O) groups excluding carboxylic acids is 2. The Bertz CT molecular complexity index is 1800. The highest BCUT2D eigenvalue weighted by Gasteiger charge is 2.36. The second-order valence-electron chi connectivity index (χ2n) is 9.80. The van der Waals surface area contributed by atoms with Gasteiger partial charge in [-0.25, -0.2) is 18.6 Å². The fourth-order valence-corrected chi connectivity index (χ4v) is 5.12. The van der Waals surface area contributed by atoms with E-state index in [0.29, 0.717) is 34.4 Å². The maximum Gasteiger partial charge on any atom is 0.416 e. The van der Waals surface area contributed by atoms with Crippen LogP contribution in [-0.2, 0) is 11.0 Å². The van der Waals surface area contributed by atoms with Crippen molar-refractivity contribution < 1.29 is 31.5 Å². The second kappa shape index (κ2) is 9.87. The zero-order valence-corrected chi connectivity index (χ0v) is 21.6. The molecule has 1 aromatic heterocycles. The molecule has 1 unspecified atom stereocenters. The van der Waals surface area contributed by atoms with Crippen molar-refractivity contribution in [1.29, 1.82) is 0 Å². The Morgan fingerprint density at radius 3 is 2.51 bits per heavy atom. The van der Waals surface area contributed by atoms with Crippen molar-refractivity contribution in [2.45, 2.75) is 31.1 Å². The van der Waals surface area contributed by atoms with Gasteiger partial charge in [-0.15, -0.1) is 0 Å². The van der Waals surface area contributed by atoms with Crippen LogP contribution in [0.5, 0.6) is 0 Å². The van der Waals surface area contributed by atoms with E-state index in [2.05, 4.69) is 20.9 Å². The van der Waals surface area contributed by atoms with Gasteiger partial charge in [-0.05, 0) is 67.4 Å². The van der Waals surface area contributed by atoms with Crippen molar-refractivity contribution in [2.75, 3.05) is 10.6 Å². The standard InChI is InChI=1S/C29H18ClF5N4O2/c30-20-5-1-15(31)10-19(20)27-26-22(39-28(41)13-7-14(29(33,34)35)9-16(32)8-13)11-21-18(25(26)23(12-40)38-27)4-6-24(37-21)36-17-2-3-17/h1,4-11,17,27,38H,2-3H2,(H,36,37)(H,39,41). The van der Waals surface area contributed by atoms with Gasteiger partial charge in [-0.1, -0.05) is 11.6 Å². The summed E-state index contributed by atoms with van der Waals surface area (Å²) in [6, 6.07) is 9.42. The number of hydrogen-bond donors (Lipinski definition) is 3.